The van der Waals surface area contributed by atoms with E-state index in [1.165, 1.54) is 18.3 Å². The van der Waals surface area contributed by atoms with Crippen molar-refractivity contribution in [3.8, 4) is 11.8 Å². The lowest BCUT2D eigenvalue weighted by molar-refractivity contribution is -0.117. The number of phenols is 1. The molecule has 3 N–H and O–H groups in total. The Morgan fingerprint density at radius 2 is 2.04 bits per heavy atom. The summed E-state index contributed by atoms with van der Waals surface area (Å²) in [7, 11) is 0. The molecule has 0 spiro atoms. The number of nitrogens with zero attached hydrogens (tertiary/aromatic N) is 1. The highest BCUT2D eigenvalue weighted by Crippen LogP contribution is 2.16. The second-order valence-electron chi connectivity index (χ2n) is 4.64. The molecule has 1 amide bonds. The van der Waals surface area contributed by atoms with Gasteiger partial charge in [0, 0.05) is 29.5 Å². The van der Waals surface area contributed by atoms with E-state index in [1.54, 1.807) is 30.3 Å². The van der Waals surface area contributed by atoms with E-state index < -0.39 is 5.91 Å². The van der Waals surface area contributed by atoms with Crippen LogP contribution in [0.1, 0.15) is 5.56 Å². The molecule has 0 aliphatic rings. The van der Waals surface area contributed by atoms with Crippen LogP contribution in [0, 0.1) is 11.3 Å². The van der Waals surface area contributed by atoms with Crippen LogP contribution in [0.2, 0.25) is 5.02 Å². The third kappa shape index (κ3) is 4.77. The number of carbonyl (C=O) groups excluding carboxylic acids is 1. The van der Waals surface area contributed by atoms with Gasteiger partial charge in [0.1, 0.15) is 17.4 Å². The molecule has 0 saturated carbocycles. The number of aromatic hydroxyl groups is 1. The van der Waals surface area contributed by atoms with Crippen molar-refractivity contribution < 1.29 is 9.90 Å². The molecule has 0 aliphatic heterocycles. The Morgan fingerprint density at radius 3 is 2.74 bits per heavy atom. The summed E-state index contributed by atoms with van der Waals surface area (Å²) < 4.78 is 0. The fourth-order valence-electron chi connectivity index (χ4n) is 1.81. The van der Waals surface area contributed by atoms with Gasteiger partial charge in [0.15, 0.2) is 0 Å². The summed E-state index contributed by atoms with van der Waals surface area (Å²) in [5.74, 6) is -0.426. The van der Waals surface area contributed by atoms with Gasteiger partial charge in [0.2, 0.25) is 0 Å². The Balaban J connectivity index is 2.00. The van der Waals surface area contributed by atoms with Crippen LogP contribution < -0.4 is 10.6 Å². The van der Waals surface area contributed by atoms with Crippen molar-refractivity contribution >= 4 is 23.2 Å². The highest BCUT2D eigenvalue weighted by atomic mass is 35.5. The number of rotatable bonds is 5. The maximum Gasteiger partial charge on any atom is 0.263 e. The first-order chi connectivity index (χ1) is 11.1. The molecule has 0 unspecified atom stereocenters. The largest absolute Gasteiger partial charge is 0.508 e. The summed E-state index contributed by atoms with van der Waals surface area (Å²) in [6, 6.07) is 15.3. The first-order valence-corrected chi connectivity index (χ1v) is 7.15. The number of halogens is 1. The number of carbonyl (C=O) groups is 1. The van der Waals surface area contributed by atoms with Crippen LogP contribution in [0.4, 0.5) is 5.69 Å². The molecule has 2 aromatic carbocycles. The van der Waals surface area contributed by atoms with Crippen molar-refractivity contribution in [2.45, 2.75) is 6.54 Å². The zero-order valence-corrected chi connectivity index (χ0v) is 12.8. The number of nitriles is 1. The standard InChI is InChI=1S/C17H14ClN3O2/c18-16-7-2-1-4-12(16)10-21-17(23)13(9-19)11-20-14-5-3-6-15(22)8-14/h1-8,11,20,22H,10H2,(H,21,23)/b13-11-. The second kappa shape index (κ2) is 7.87. The molecule has 2 aromatic rings. The quantitative estimate of drug-likeness (QED) is 0.581. The van der Waals surface area contributed by atoms with Gasteiger partial charge in [-0.15, -0.1) is 0 Å². The lowest BCUT2D eigenvalue weighted by Gasteiger charge is -2.07. The van der Waals surface area contributed by atoms with Crippen LogP contribution in [0.15, 0.2) is 60.3 Å². The van der Waals surface area contributed by atoms with E-state index in [2.05, 4.69) is 10.6 Å². The summed E-state index contributed by atoms with van der Waals surface area (Å²) in [4.78, 5) is 12.0. The van der Waals surface area contributed by atoms with E-state index in [0.29, 0.717) is 10.7 Å². The molecular formula is C17H14ClN3O2. The number of nitrogens with one attached hydrogen (secondary N) is 2. The molecule has 116 valence electrons. The van der Waals surface area contributed by atoms with Gasteiger partial charge < -0.3 is 15.7 Å². The molecule has 0 aromatic heterocycles. The van der Waals surface area contributed by atoms with Gasteiger partial charge in [-0.3, -0.25) is 4.79 Å². The third-order valence-electron chi connectivity index (χ3n) is 2.99. The first kappa shape index (κ1) is 16.4. The molecule has 0 radical (unpaired) electrons. The van der Waals surface area contributed by atoms with Gasteiger partial charge in [-0.2, -0.15) is 5.26 Å². The fraction of sp³-hybridized carbons (Fsp3) is 0.0588. The Labute approximate surface area is 138 Å². The topological polar surface area (TPSA) is 85.2 Å². The van der Waals surface area contributed by atoms with Crippen molar-refractivity contribution in [1.82, 2.24) is 5.32 Å². The molecule has 23 heavy (non-hydrogen) atoms. The average Bonchev–Trinajstić information content (AvgIpc) is 2.55. The number of phenolic OH excluding ortho intramolecular Hbond substituents is 1. The van der Waals surface area contributed by atoms with E-state index in [0.717, 1.165) is 5.56 Å². The molecular weight excluding hydrogens is 314 g/mol. The van der Waals surface area contributed by atoms with Crippen LogP contribution >= 0.6 is 11.6 Å². The van der Waals surface area contributed by atoms with Crippen molar-refractivity contribution in [3.05, 3.63) is 70.9 Å². The van der Waals surface area contributed by atoms with Gasteiger partial charge in [-0.1, -0.05) is 35.9 Å². The van der Waals surface area contributed by atoms with Gasteiger partial charge in [0.05, 0.1) is 0 Å². The second-order valence-corrected chi connectivity index (χ2v) is 5.05. The summed E-state index contributed by atoms with van der Waals surface area (Å²) >= 11 is 6.01. The minimum atomic E-state index is -0.514. The number of hydrogen-bond acceptors (Lipinski definition) is 4. The van der Waals surface area contributed by atoms with E-state index in [9.17, 15) is 9.90 Å². The van der Waals surface area contributed by atoms with Crippen LogP contribution in [0.5, 0.6) is 5.75 Å². The maximum atomic E-state index is 12.0. The fourth-order valence-corrected chi connectivity index (χ4v) is 2.01. The van der Waals surface area contributed by atoms with E-state index in [4.69, 9.17) is 16.9 Å². The highest BCUT2D eigenvalue weighted by molar-refractivity contribution is 6.31. The monoisotopic (exact) mass is 327 g/mol. The van der Waals surface area contributed by atoms with Crippen molar-refractivity contribution in [1.29, 1.82) is 5.26 Å². The lowest BCUT2D eigenvalue weighted by Crippen LogP contribution is -2.24. The molecule has 6 heteroatoms. The van der Waals surface area contributed by atoms with Crippen LogP contribution in [0.25, 0.3) is 0 Å². The average molecular weight is 328 g/mol. The molecule has 0 atom stereocenters. The van der Waals surface area contributed by atoms with Crippen LogP contribution in [-0.4, -0.2) is 11.0 Å². The minimum absolute atomic E-state index is 0.0830. The zero-order valence-electron chi connectivity index (χ0n) is 12.1. The highest BCUT2D eigenvalue weighted by Gasteiger charge is 2.09. The van der Waals surface area contributed by atoms with Crippen molar-refractivity contribution in [2.75, 3.05) is 5.32 Å². The number of anilines is 1. The smallest absolute Gasteiger partial charge is 0.263 e. The normalized spacial score (nSPS) is 10.7. The van der Waals surface area contributed by atoms with Crippen molar-refractivity contribution in [2.24, 2.45) is 0 Å². The van der Waals surface area contributed by atoms with Gasteiger partial charge >= 0.3 is 0 Å². The number of amides is 1. The summed E-state index contributed by atoms with van der Waals surface area (Å²) in [5.41, 5.74) is 1.25. The third-order valence-corrected chi connectivity index (χ3v) is 3.36. The maximum absolute atomic E-state index is 12.0. The number of hydrogen-bond donors (Lipinski definition) is 3. The molecule has 0 fully saturated rings. The Hall–Kier alpha value is -2.97. The minimum Gasteiger partial charge on any atom is -0.508 e. The van der Waals surface area contributed by atoms with Gasteiger partial charge in [-0.05, 0) is 23.8 Å². The van der Waals surface area contributed by atoms with Gasteiger partial charge in [-0.25, -0.2) is 0 Å². The van der Waals surface area contributed by atoms with E-state index >= 15 is 0 Å². The lowest BCUT2D eigenvalue weighted by atomic mass is 10.2. The molecule has 0 saturated heterocycles. The summed E-state index contributed by atoms with van der Waals surface area (Å²) in [6.07, 6.45) is 1.29. The predicted molar refractivity (Wildman–Crippen MR) is 88.7 cm³/mol. The Bertz CT molecular complexity index is 781. The first-order valence-electron chi connectivity index (χ1n) is 6.77. The Kier molecular flexibility index (Phi) is 5.61. The van der Waals surface area contributed by atoms with E-state index in [-0.39, 0.29) is 17.9 Å². The van der Waals surface area contributed by atoms with Crippen LogP contribution in [0.3, 0.4) is 0 Å². The summed E-state index contributed by atoms with van der Waals surface area (Å²) in [5, 5.41) is 24.4. The summed E-state index contributed by atoms with van der Waals surface area (Å²) in [6.45, 7) is 0.226. The molecule has 0 heterocycles. The van der Waals surface area contributed by atoms with Crippen molar-refractivity contribution in [3.63, 3.8) is 0 Å². The zero-order chi connectivity index (χ0) is 16.7. The number of benzene rings is 2. The molecule has 0 bridgehead atoms. The SMILES string of the molecule is N#C/C(=C/Nc1cccc(O)c1)C(=O)NCc1ccccc1Cl. The predicted octanol–water partition coefficient (Wildman–Crippen LogP) is 3.18. The van der Waals surface area contributed by atoms with E-state index in [1.807, 2.05) is 12.1 Å². The van der Waals surface area contributed by atoms with Gasteiger partial charge in [0.25, 0.3) is 5.91 Å². The molecule has 5 nitrogen and oxygen atoms in total. The molecule has 2 rings (SSSR count). The Morgan fingerprint density at radius 1 is 1.26 bits per heavy atom. The molecule has 0 aliphatic carbocycles. The van der Waals surface area contributed by atoms with Crippen LogP contribution in [-0.2, 0) is 11.3 Å².